The van der Waals surface area contributed by atoms with Crippen LogP contribution in [0.5, 0.6) is 5.75 Å². The monoisotopic (exact) mass is 398 g/mol. The van der Waals surface area contributed by atoms with Crippen molar-refractivity contribution < 1.29 is 9.53 Å². The quantitative estimate of drug-likeness (QED) is 0.514. The normalized spacial score (nSPS) is 10.6. The molecule has 0 radical (unpaired) electrons. The Morgan fingerprint density at radius 1 is 1.03 bits per heavy atom. The average Bonchev–Trinajstić information content (AvgIpc) is 3.23. The third kappa shape index (κ3) is 4.55. The van der Waals surface area contributed by atoms with Crippen LogP contribution in [0.25, 0.3) is 16.9 Å². The Bertz CT molecular complexity index is 1120. The number of nitrogens with zero attached hydrogens (tertiary/aromatic N) is 3. The van der Waals surface area contributed by atoms with Crippen LogP contribution in [0.4, 0.5) is 0 Å². The Labute approximate surface area is 175 Å². The zero-order valence-corrected chi connectivity index (χ0v) is 16.7. The van der Waals surface area contributed by atoms with Crippen molar-refractivity contribution >= 4 is 5.91 Å². The summed E-state index contributed by atoms with van der Waals surface area (Å²) < 4.78 is 7.06. The molecule has 6 heteroatoms. The Hall–Kier alpha value is -3.93. The van der Waals surface area contributed by atoms with Crippen molar-refractivity contribution in [2.24, 2.45) is 0 Å². The van der Waals surface area contributed by atoms with Gasteiger partial charge in [-0.05, 0) is 42.0 Å². The maximum absolute atomic E-state index is 12.5. The lowest BCUT2D eigenvalue weighted by Crippen LogP contribution is -2.24. The van der Waals surface area contributed by atoms with Gasteiger partial charge in [0, 0.05) is 36.3 Å². The van der Waals surface area contributed by atoms with E-state index in [0.29, 0.717) is 6.54 Å². The van der Waals surface area contributed by atoms with Crippen molar-refractivity contribution in [1.29, 1.82) is 0 Å². The molecule has 0 unspecified atom stereocenters. The first-order valence-corrected chi connectivity index (χ1v) is 9.67. The molecular formula is C24H22N4O2. The van der Waals surface area contributed by atoms with Crippen LogP contribution in [0.1, 0.15) is 11.1 Å². The molecule has 0 saturated carbocycles. The minimum atomic E-state index is -0.0589. The van der Waals surface area contributed by atoms with Crippen LogP contribution in [0.3, 0.4) is 0 Å². The van der Waals surface area contributed by atoms with Gasteiger partial charge in [0.1, 0.15) is 5.75 Å². The SMILES string of the molecule is COc1cccc(CC(=O)NCc2cn(-c3ccccc3)nc2-c2ccncc2)c1. The molecule has 0 aliphatic carbocycles. The van der Waals surface area contributed by atoms with Crippen molar-refractivity contribution in [3.63, 3.8) is 0 Å². The highest BCUT2D eigenvalue weighted by Crippen LogP contribution is 2.23. The molecule has 0 fully saturated rings. The highest BCUT2D eigenvalue weighted by Gasteiger charge is 2.13. The molecule has 0 atom stereocenters. The van der Waals surface area contributed by atoms with Gasteiger partial charge < -0.3 is 10.1 Å². The predicted molar refractivity (Wildman–Crippen MR) is 115 cm³/mol. The lowest BCUT2D eigenvalue weighted by molar-refractivity contribution is -0.120. The minimum absolute atomic E-state index is 0.0589. The first kappa shape index (κ1) is 19.4. The molecule has 150 valence electrons. The molecule has 0 saturated heterocycles. The molecule has 6 nitrogen and oxygen atoms in total. The number of rotatable bonds is 7. The smallest absolute Gasteiger partial charge is 0.224 e. The van der Waals surface area contributed by atoms with Gasteiger partial charge >= 0.3 is 0 Å². The molecule has 0 spiro atoms. The van der Waals surface area contributed by atoms with Crippen LogP contribution in [0.15, 0.2) is 85.3 Å². The first-order valence-electron chi connectivity index (χ1n) is 9.67. The summed E-state index contributed by atoms with van der Waals surface area (Å²) in [5, 5.41) is 7.77. The molecule has 1 N–H and O–H groups in total. The number of methoxy groups -OCH3 is 1. The number of carbonyl (C=O) groups is 1. The fraction of sp³-hybridized carbons (Fsp3) is 0.125. The van der Waals surface area contributed by atoms with E-state index in [4.69, 9.17) is 9.84 Å². The third-order valence-electron chi connectivity index (χ3n) is 4.74. The van der Waals surface area contributed by atoms with Crippen LogP contribution in [-0.2, 0) is 17.8 Å². The number of amides is 1. The molecule has 2 aromatic heterocycles. The number of nitrogens with one attached hydrogen (secondary N) is 1. The molecule has 0 bridgehead atoms. The van der Waals surface area contributed by atoms with E-state index in [2.05, 4.69) is 10.3 Å². The summed E-state index contributed by atoms with van der Waals surface area (Å²) in [5.41, 5.74) is 4.58. The number of aromatic nitrogens is 3. The van der Waals surface area contributed by atoms with Crippen molar-refractivity contribution in [3.8, 4) is 22.7 Å². The van der Waals surface area contributed by atoms with Crippen molar-refractivity contribution in [3.05, 3.63) is 96.4 Å². The lowest BCUT2D eigenvalue weighted by Gasteiger charge is -2.07. The molecule has 0 aliphatic heterocycles. The number of para-hydroxylation sites is 1. The van der Waals surface area contributed by atoms with E-state index in [0.717, 1.165) is 33.8 Å². The number of benzene rings is 2. The summed E-state index contributed by atoms with van der Waals surface area (Å²) in [6, 6.07) is 21.3. The Balaban J connectivity index is 1.54. The summed E-state index contributed by atoms with van der Waals surface area (Å²) >= 11 is 0. The maximum Gasteiger partial charge on any atom is 0.224 e. The van der Waals surface area contributed by atoms with Gasteiger partial charge in [0.25, 0.3) is 0 Å². The van der Waals surface area contributed by atoms with Crippen LogP contribution in [0, 0.1) is 0 Å². The van der Waals surface area contributed by atoms with E-state index in [9.17, 15) is 4.79 Å². The standard InChI is InChI=1S/C24H22N4O2/c1-30-22-9-5-6-18(14-22)15-23(29)26-16-20-17-28(21-7-3-2-4-8-21)27-24(20)19-10-12-25-13-11-19/h2-14,17H,15-16H2,1H3,(H,26,29). The third-order valence-corrected chi connectivity index (χ3v) is 4.74. The highest BCUT2D eigenvalue weighted by molar-refractivity contribution is 5.79. The molecule has 2 aromatic carbocycles. The second-order valence-corrected chi connectivity index (χ2v) is 6.82. The van der Waals surface area contributed by atoms with Gasteiger partial charge in [0.15, 0.2) is 0 Å². The number of ether oxygens (including phenoxy) is 1. The van der Waals surface area contributed by atoms with Crippen molar-refractivity contribution in [2.45, 2.75) is 13.0 Å². The summed E-state index contributed by atoms with van der Waals surface area (Å²) in [6.45, 7) is 0.382. The number of hydrogen-bond donors (Lipinski definition) is 1. The van der Waals surface area contributed by atoms with E-state index >= 15 is 0 Å². The van der Waals surface area contributed by atoms with Crippen LogP contribution in [0.2, 0.25) is 0 Å². The Kier molecular flexibility index (Phi) is 5.85. The molecule has 1 amide bonds. The van der Waals surface area contributed by atoms with Gasteiger partial charge in [0.2, 0.25) is 5.91 Å². The predicted octanol–water partition coefficient (Wildman–Crippen LogP) is 3.80. The van der Waals surface area contributed by atoms with Gasteiger partial charge in [-0.2, -0.15) is 5.10 Å². The van der Waals surface area contributed by atoms with E-state index in [1.54, 1.807) is 19.5 Å². The van der Waals surface area contributed by atoms with Gasteiger partial charge in [-0.1, -0.05) is 30.3 Å². The minimum Gasteiger partial charge on any atom is -0.497 e. The summed E-state index contributed by atoms with van der Waals surface area (Å²) in [4.78, 5) is 16.6. The molecule has 30 heavy (non-hydrogen) atoms. The molecule has 2 heterocycles. The first-order chi connectivity index (χ1) is 14.7. The molecular weight excluding hydrogens is 376 g/mol. The van der Waals surface area contributed by atoms with E-state index in [1.807, 2.05) is 77.6 Å². The summed E-state index contributed by atoms with van der Waals surface area (Å²) in [5.74, 6) is 0.681. The zero-order chi connectivity index (χ0) is 20.8. The topological polar surface area (TPSA) is 69.0 Å². The summed E-state index contributed by atoms with van der Waals surface area (Å²) in [7, 11) is 1.62. The molecule has 4 aromatic rings. The van der Waals surface area contributed by atoms with Gasteiger partial charge in [0.05, 0.1) is 24.9 Å². The lowest BCUT2D eigenvalue weighted by atomic mass is 10.1. The largest absolute Gasteiger partial charge is 0.497 e. The molecule has 0 aliphatic rings. The number of hydrogen-bond acceptors (Lipinski definition) is 4. The van der Waals surface area contributed by atoms with E-state index in [1.165, 1.54) is 0 Å². The van der Waals surface area contributed by atoms with Crippen LogP contribution in [-0.4, -0.2) is 27.8 Å². The molecule has 4 rings (SSSR count). The van der Waals surface area contributed by atoms with Crippen molar-refractivity contribution in [1.82, 2.24) is 20.1 Å². The van der Waals surface area contributed by atoms with Crippen molar-refractivity contribution in [2.75, 3.05) is 7.11 Å². The fourth-order valence-corrected chi connectivity index (χ4v) is 3.23. The Morgan fingerprint density at radius 2 is 1.83 bits per heavy atom. The fourth-order valence-electron chi connectivity index (χ4n) is 3.23. The zero-order valence-electron chi connectivity index (χ0n) is 16.7. The maximum atomic E-state index is 12.5. The second-order valence-electron chi connectivity index (χ2n) is 6.82. The van der Waals surface area contributed by atoms with Crippen LogP contribution >= 0.6 is 0 Å². The number of carbonyl (C=O) groups excluding carboxylic acids is 1. The average molecular weight is 398 g/mol. The second kappa shape index (κ2) is 9.05. The Morgan fingerprint density at radius 3 is 2.60 bits per heavy atom. The van der Waals surface area contributed by atoms with E-state index in [-0.39, 0.29) is 12.3 Å². The van der Waals surface area contributed by atoms with E-state index < -0.39 is 0 Å². The number of pyridine rings is 1. The van der Waals surface area contributed by atoms with Gasteiger partial charge in [-0.25, -0.2) is 4.68 Å². The highest BCUT2D eigenvalue weighted by atomic mass is 16.5. The van der Waals surface area contributed by atoms with Gasteiger partial charge in [-0.3, -0.25) is 9.78 Å². The van der Waals surface area contributed by atoms with Crippen LogP contribution < -0.4 is 10.1 Å². The van der Waals surface area contributed by atoms with Gasteiger partial charge in [-0.15, -0.1) is 0 Å². The summed E-state index contributed by atoms with van der Waals surface area (Å²) in [6.07, 6.45) is 5.72.